The number of nitrogens with one attached hydrogen (secondary N) is 1. The second kappa shape index (κ2) is 8.36. The Hall–Kier alpha value is -1.11. The van der Waals surface area contributed by atoms with Gasteiger partial charge in [-0.1, -0.05) is 15.9 Å². The Balaban J connectivity index is 1.67. The van der Waals surface area contributed by atoms with Crippen LogP contribution in [0.5, 0.6) is 5.75 Å². The summed E-state index contributed by atoms with van der Waals surface area (Å²) in [6.45, 7) is 6.16. The van der Waals surface area contributed by atoms with Gasteiger partial charge in [0.2, 0.25) is 0 Å². The molecule has 1 aliphatic rings. The topological polar surface area (TPSA) is 49.2 Å². The summed E-state index contributed by atoms with van der Waals surface area (Å²) >= 11 is 3.35. The zero-order chi connectivity index (χ0) is 15.1. The lowest BCUT2D eigenvalue weighted by Gasteiger charge is -2.26. The van der Waals surface area contributed by atoms with Gasteiger partial charge in [-0.2, -0.15) is 0 Å². The number of ether oxygens (including phenoxy) is 3. The predicted octanol–water partition coefficient (Wildman–Crippen LogP) is 0.675. The molecule has 1 saturated heterocycles. The van der Waals surface area contributed by atoms with Crippen LogP contribution in [0.3, 0.4) is 0 Å². The monoisotopic (exact) mass is 358 g/mol. The van der Waals surface area contributed by atoms with Crippen LogP contribution in [-0.4, -0.2) is 51.5 Å². The number of hydrogen-bond acceptors (Lipinski definition) is 4. The maximum Gasteiger partial charge on any atom is 0.344 e. The van der Waals surface area contributed by atoms with Gasteiger partial charge in [0.1, 0.15) is 31.5 Å². The molecule has 0 unspecified atom stereocenters. The number of quaternary nitrogens is 1. The van der Waals surface area contributed by atoms with Gasteiger partial charge in [0.15, 0.2) is 6.61 Å². The van der Waals surface area contributed by atoms with Crippen LogP contribution in [0.15, 0.2) is 28.7 Å². The molecule has 5 nitrogen and oxygen atoms in total. The van der Waals surface area contributed by atoms with Gasteiger partial charge in [0.25, 0.3) is 0 Å². The molecular weight excluding hydrogens is 338 g/mol. The molecule has 1 aliphatic heterocycles. The SMILES string of the molecule is C[C@@H](C[NH+]1CCOCC1)OC(=O)COc1ccc(Br)cc1. The Bertz CT molecular complexity index is 445. The van der Waals surface area contributed by atoms with Crippen LogP contribution in [0.2, 0.25) is 0 Å². The van der Waals surface area contributed by atoms with Crippen LogP contribution in [0.4, 0.5) is 0 Å². The van der Waals surface area contributed by atoms with Gasteiger partial charge in [-0.15, -0.1) is 0 Å². The summed E-state index contributed by atoms with van der Waals surface area (Å²) < 4.78 is 17.0. The lowest BCUT2D eigenvalue weighted by Crippen LogP contribution is -3.15. The molecule has 1 atom stereocenters. The van der Waals surface area contributed by atoms with Crippen LogP contribution in [-0.2, 0) is 14.3 Å². The van der Waals surface area contributed by atoms with E-state index in [1.165, 1.54) is 4.90 Å². The average Bonchev–Trinajstić information content (AvgIpc) is 2.47. The molecule has 1 aromatic carbocycles. The largest absolute Gasteiger partial charge is 0.482 e. The van der Waals surface area contributed by atoms with Crippen molar-refractivity contribution >= 4 is 21.9 Å². The van der Waals surface area contributed by atoms with E-state index in [0.29, 0.717) is 5.75 Å². The minimum atomic E-state index is -0.335. The van der Waals surface area contributed by atoms with Crippen molar-refractivity contribution in [3.05, 3.63) is 28.7 Å². The quantitative estimate of drug-likeness (QED) is 0.759. The van der Waals surface area contributed by atoms with E-state index in [1.807, 2.05) is 19.1 Å². The van der Waals surface area contributed by atoms with Crippen LogP contribution in [0, 0.1) is 0 Å². The zero-order valence-corrected chi connectivity index (χ0v) is 13.7. The third kappa shape index (κ3) is 6.03. The fourth-order valence-corrected chi connectivity index (χ4v) is 2.51. The van der Waals surface area contributed by atoms with Gasteiger partial charge < -0.3 is 19.1 Å². The van der Waals surface area contributed by atoms with Crippen molar-refractivity contribution in [3.8, 4) is 5.75 Å². The summed E-state index contributed by atoms with van der Waals surface area (Å²) in [5.74, 6) is 0.319. The van der Waals surface area contributed by atoms with E-state index < -0.39 is 0 Å². The fraction of sp³-hybridized carbons (Fsp3) is 0.533. The predicted molar refractivity (Wildman–Crippen MR) is 81.6 cm³/mol. The molecule has 1 heterocycles. The number of halogens is 1. The summed E-state index contributed by atoms with van der Waals surface area (Å²) in [5, 5.41) is 0. The van der Waals surface area contributed by atoms with Crippen molar-refractivity contribution in [1.29, 1.82) is 0 Å². The highest BCUT2D eigenvalue weighted by Gasteiger charge is 2.19. The van der Waals surface area contributed by atoms with Crippen molar-refractivity contribution < 1.29 is 23.9 Å². The average molecular weight is 359 g/mol. The fourth-order valence-electron chi connectivity index (χ4n) is 2.24. The molecular formula is C15H21BrNO4+. The first-order valence-corrected chi connectivity index (χ1v) is 7.92. The first kappa shape index (κ1) is 16.3. The number of esters is 1. The van der Waals surface area contributed by atoms with Gasteiger partial charge in [-0.05, 0) is 31.2 Å². The third-order valence-electron chi connectivity index (χ3n) is 3.28. The van der Waals surface area contributed by atoms with Crippen LogP contribution < -0.4 is 9.64 Å². The highest BCUT2D eigenvalue weighted by molar-refractivity contribution is 9.10. The van der Waals surface area contributed by atoms with Crippen molar-refractivity contribution in [2.45, 2.75) is 13.0 Å². The van der Waals surface area contributed by atoms with E-state index in [0.717, 1.165) is 37.3 Å². The van der Waals surface area contributed by atoms with Gasteiger partial charge in [0.05, 0.1) is 13.2 Å². The Morgan fingerprint density at radius 2 is 2.00 bits per heavy atom. The lowest BCUT2D eigenvalue weighted by atomic mass is 10.3. The molecule has 0 aliphatic carbocycles. The highest BCUT2D eigenvalue weighted by Crippen LogP contribution is 2.15. The standard InChI is InChI=1S/C15H20BrNO4/c1-12(10-17-6-8-19-9-7-17)21-15(18)11-20-14-4-2-13(16)3-5-14/h2-5,12H,6-11H2,1H3/p+1/t12-/m0/s1. The summed E-state index contributed by atoms with van der Waals surface area (Å²) in [7, 11) is 0. The van der Waals surface area contributed by atoms with Crippen molar-refractivity contribution in [1.82, 2.24) is 0 Å². The molecule has 21 heavy (non-hydrogen) atoms. The van der Waals surface area contributed by atoms with E-state index in [-0.39, 0.29) is 18.7 Å². The van der Waals surface area contributed by atoms with E-state index in [1.54, 1.807) is 12.1 Å². The summed E-state index contributed by atoms with van der Waals surface area (Å²) in [5.41, 5.74) is 0. The number of hydrogen-bond donors (Lipinski definition) is 1. The number of carbonyl (C=O) groups excluding carboxylic acids is 1. The normalized spacial score (nSPS) is 17.2. The molecule has 0 bridgehead atoms. The summed E-state index contributed by atoms with van der Waals surface area (Å²) in [6, 6.07) is 7.34. The lowest BCUT2D eigenvalue weighted by molar-refractivity contribution is -0.910. The molecule has 2 rings (SSSR count). The second-order valence-electron chi connectivity index (χ2n) is 5.11. The van der Waals surface area contributed by atoms with Crippen molar-refractivity contribution in [3.63, 3.8) is 0 Å². The molecule has 1 N–H and O–H groups in total. The van der Waals surface area contributed by atoms with E-state index in [4.69, 9.17) is 14.2 Å². The van der Waals surface area contributed by atoms with Gasteiger partial charge in [0, 0.05) is 4.47 Å². The number of morpholine rings is 1. The molecule has 0 aromatic heterocycles. The minimum Gasteiger partial charge on any atom is -0.482 e. The first-order chi connectivity index (χ1) is 10.1. The van der Waals surface area contributed by atoms with Crippen LogP contribution in [0.1, 0.15) is 6.92 Å². The molecule has 0 amide bonds. The van der Waals surface area contributed by atoms with Crippen LogP contribution in [0.25, 0.3) is 0 Å². The Morgan fingerprint density at radius 3 is 2.67 bits per heavy atom. The van der Waals surface area contributed by atoms with E-state index >= 15 is 0 Å². The number of carbonyl (C=O) groups is 1. The van der Waals surface area contributed by atoms with Gasteiger partial charge in [-0.25, -0.2) is 4.79 Å². The zero-order valence-electron chi connectivity index (χ0n) is 12.1. The maximum absolute atomic E-state index is 11.7. The Morgan fingerprint density at radius 1 is 1.33 bits per heavy atom. The van der Waals surface area contributed by atoms with Crippen molar-refractivity contribution in [2.24, 2.45) is 0 Å². The van der Waals surface area contributed by atoms with Crippen molar-refractivity contribution in [2.75, 3.05) is 39.5 Å². The number of benzene rings is 1. The Kier molecular flexibility index (Phi) is 6.48. The minimum absolute atomic E-state index is 0.0651. The molecule has 1 aromatic rings. The first-order valence-electron chi connectivity index (χ1n) is 7.12. The van der Waals surface area contributed by atoms with E-state index in [9.17, 15) is 4.79 Å². The molecule has 0 saturated carbocycles. The summed E-state index contributed by atoms with van der Waals surface area (Å²) in [4.78, 5) is 13.2. The third-order valence-corrected chi connectivity index (χ3v) is 3.81. The smallest absolute Gasteiger partial charge is 0.344 e. The van der Waals surface area contributed by atoms with Crippen LogP contribution >= 0.6 is 15.9 Å². The molecule has 6 heteroatoms. The molecule has 0 spiro atoms. The number of rotatable bonds is 6. The highest BCUT2D eigenvalue weighted by atomic mass is 79.9. The second-order valence-corrected chi connectivity index (χ2v) is 6.03. The molecule has 1 fully saturated rings. The molecule has 116 valence electrons. The van der Waals surface area contributed by atoms with Gasteiger partial charge >= 0.3 is 5.97 Å². The van der Waals surface area contributed by atoms with E-state index in [2.05, 4.69) is 15.9 Å². The summed E-state index contributed by atoms with van der Waals surface area (Å²) in [6.07, 6.45) is -0.112. The van der Waals surface area contributed by atoms with Gasteiger partial charge in [-0.3, -0.25) is 0 Å². The molecule has 0 radical (unpaired) electrons. The Labute approximate surface area is 133 Å². The maximum atomic E-state index is 11.7.